The molecule has 0 radical (unpaired) electrons. The Morgan fingerprint density at radius 3 is 2.11 bits per heavy atom. The Morgan fingerprint density at radius 2 is 1.56 bits per heavy atom. The molecular formula is C18H15F5N2O2. The van der Waals surface area contributed by atoms with Gasteiger partial charge in [-0.3, -0.25) is 9.59 Å². The van der Waals surface area contributed by atoms with Gasteiger partial charge in [-0.05, 0) is 36.8 Å². The number of benzene rings is 2. The maximum absolute atomic E-state index is 13.3. The number of halogens is 5. The van der Waals surface area contributed by atoms with E-state index in [-0.39, 0.29) is 11.3 Å². The van der Waals surface area contributed by atoms with Crippen LogP contribution in [0.5, 0.6) is 0 Å². The largest absolute Gasteiger partial charge is 0.416 e. The molecule has 144 valence electrons. The highest BCUT2D eigenvalue weighted by Crippen LogP contribution is 2.32. The minimum atomic E-state index is -4.65. The highest BCUT2D eigenvalue weighted by molar-refractivity contribution is 6.00. The number of hydrogen-bond donors (Lipinski definition) is 2. The molecule has 2 aromatic carbocycles. The molecule has 9 heteroatoms. The lowest BCUT2D eigenvalue weighted by atomic mass is 9.89. The number of rotatable bonds is 4. The van der Waals surface area contributed by atoms with Crippen LogP contribution in [0.15, 0.2) is 42.5 Å². The average molecular weight is 386 g/mol. The van der Waals surface area contributed by atoms with E-state index in [1.165, 1.54) is 13.0 Å². The van der Waals surface area contributed by atoms with Crippen LogP contribution in [0, 0.1) is 11.6 Å². The Labute approximate surface area is 151 Å². The summed E-state index contributed by atoms with van der Waals surface area (Å²) in [7, 11) is 0. The number of hydrogen-bond acceptors (Lipinski definition) is 2. The third-order valence-corrected chi connectivity index (χ3v) is 3.82. The average Bonchev–Trinajstić information content (AvgIpc) is 2.57. The van der Waals surface area contributed by atoms with Gasteiger partial charge in [0.1, 0.15) is 5.54 Å². The van der Waals surface area contributed by atoms with E-state index in [0.29, 0.717) is 6.07 Å². The van der Waals surface area contributed by atoms with Gasteiger partial charge < -0.3 is 10.6 Å². The molecule has 1 unspecified atom stereocenters. The van der Waals surface area contributed by atoms with Crippen LogP contribution < -0.4 is 10.6 Å². The van der Waals surface area contributed by atoms with Crippen LogP contribution in [0.1, 0.15) is 25.0 Å². The van der Waals surface area contributed by atoms with Crippen LogP contribution in [0.4, 0.5) is 27.6 Å². The fraction of sp³-hybridized carbons (Fsp3) is 0.222. The van der Waals surface area contributed by atoms with Crippen molar-refractivity contribution in [3.05, 3.63) is 65.2 Å². The molecule has 0 aliphatic heterocycles. The Bertz CT molecular complexity index is 882. The maximum atomic E-state index is 13.3. The molecule has 0 fully saturated rings. The Balaban J connectivity index is 2.44. The Hall–Kier alpha value is -2.97. The quantitative estimate of drug-likeness (QED) is 0.782. The van der Waals surface area contributed by atoms with Crippen molar-refractivity contribution < 1.29 is 31.5 Å². The van der Waals surface area contributed by atoms with Crippen molar-refractivity contribution in [2.45, 2.75) is 25.6 Å². The van der Waals surface area contributed by atoms with Gasteiger partial charge in [-0.15, -0.1) is 0 Å². The smallest absolute Gasteiger partial charge is 0.339 e. The van der Waals surface area contributed by atoms with Gasteiger partial charge in [0.05, 0.1) is 5.56 Å². The third kappa shape index (κ3) is 4.60. The van der Waals surface area contributed by atoms with Crippen LogP contribution in [0.25, 0.3) is 0 Å². The van der Waals surface area contributed by atoms with E-state index < -0.39 is 40.7 Å². The predicted octanol–water partition coefficient (Wildman–Crippen LogP) is 3.97. The first-order chi connectivity index (χ1) is 12.4. The van der Waals surface area contributed by atoms with E-state index in [1.54, 1.807) is 0 Å². The predicted molar refractivity (Wildman–Crippen MR) is 87.6 cm³/mol. The van der Waals surface area contributed by atoms with Gasteiger partial charge in [-0.1, -0.05) is 12.1 Å². The SMILES string of the molecule is CC(=O)NC(C)(C(=O)Nc1ccc(F)c(F)c1)c1cccc(C(F)(F)F)c1. The zero-order valence-electron chi connectivity index (χ0n) is 14.2. The van der Waals surface area contributed by atoms with Gasteiger partial charge in [0.25, 0.3) is 5.91 Å². The van der Waals surface area contributed by atoms with E-state index in [4.69, 9.17) is 0 Å². The zero-order valence-corrected chi connectivity index (χ0v) is 14.2. The van der Waals surface area contributed by atoms with Crippen molar-refractivity contribution in [3.8, 4) is 0 Å². The molecule has 0 aliphatic carbocycles. The van der Waals surface area contributed by atoms with Gasteiger partial charge in [0.15, 0.2) is 11.6 Å². The Kier molecular flexibility index (Phi) is 5.53. The van der Waals surface area contributed by atoms with E-state index in [2.05, 4.69) is 10.6 Å². The monoisotopic (exact) mass is 386 g/mol. The third-order valence-electron chi connectivity index (χ3n) is 3.82. The first-order valence-electron chi connectivity index (χ1n) is 7.66. The van der Waals surface area contributed by atoms with Gasteiger partial charge in [-0.2, -0.15) is 13.2 Å². The molecule has 2 N–H and O–H groups in total. The van der Waals surface area contributed by atoms with Crippen molar-refractivity contribution in [3.63, 3.8) is 0 Å². The number of nitrogens with one attached hydrogen (secondary N) is 2. The molecule has 0 spiro atoms. The molecule has 2 rings (SSSR count). The highest BCUT2D eigenvalue weighted by Gasteiger charge is 2.39. The molecule has 0 heterocycles. The summed E-state index contributed by atoms with van der Waals surface area (Å²) >= 11 is 0. The van der Waals surface area contributed by atoms with Crippen molar-refractivity contribution >= 4 is 17.5 Å². The summed E-state index contributed by atoms with van der Waals surface area (Å²) in [4.78, 5) is 24.3. The first kappa shape index (κ1) is 20.3. The number of alkyl halides is 3. The normalized spacial score (nSPS) is 13.6. The van der Waals surface area contributed by atoms with Crippen molar-refractivity contribution in [2.24, 2.45) is 0 Å². The molecule has 2 amide bonds. The van der Waals surface area contributed by atoms with Crippen molar-refractivity contribution in [1.82, 2.24) is 5.32 Å². The van der Waals surface area contributed by atoms with E-state index >= 15 is 0 Å². The fourth-order valence-electron chi connectivity index (χ4n) is 2.45. The molecule has 0 aromatic heterocycles. The summed E-state index contributed by atoms with van der Waals surface area (Å²) in [5.41, 5.74) is -3.15. The summed E-state index contributed by atoms with van der Waals surface area (Å²) in [6, 6.07) is 6.49. The minimum Gasteiger partial charge on any atom is -0.339 e. The minimum absolute atomic E-state index is 0.123. The van der Waals surface area contributed by atoms with Crippen molar-refractivity contribution in [2.75, 3.05) is 5.32 Å². The summed E-state index contributed by atoms with van der Waals surface area (Å²) in [6.45, 7) is 2.30. The molecule has 0 saturated carbocycles. The number of carbonyl (C=O) groups excluding carboxylic acids is 2. The lowest BCUT2D eigenvalue weighted by Gasteiger charge is -2.30. The summed E-state index contributed by atoms with van der Waals surface area (Å²) in [5.74, 6) is -3.94. The number of anilines is 1. The van der Waals surface area contributed by atoms with Gasteiger partial charge in [0.2, 0.25) is 5.91 Å². The molecule has 0 saturated heterocycles. The standard InChI is InChI=1S/C18H15F5N2O2/c1-10(26)25-17(2,11-4-3-5-12(8-11)18(21,22)23)16(27)24-13-6-7-14(19)15(20)9-13/h3-9H,1-2H3,(H,24,27)(H,25,26). The Morgan fingerprint density at radius 1 is 0.926 bits per heavy atom. The van der Waals surface area contributed by atoms with E-state index in [0.717, 1.165) is 37.3 Å². The van der Waals surface area contributed by atoms with Crippen LogP contribution in [0.2, 0.25) is 0 Å². The second kappa shape index (κ2) is 7.34. The molecule has 0 bridgehead atoms. The fourth-order valence-corrected chi connectivity index (χ4v) is 2.45. The second-order valence-corrected chi connectivity index (χ2v) is 5.97. The molecule has 1 atom stereocenters. The number of amides is 2. The maximum Gasteiger partial charge on any atom is 0.416 e. The van der Waals surface area contributed by atoms with Gasteiger partial charge >= 0.3 is 6.18 Å². The van der Waals surface area contributed by atoms with Crippen LogP contribution in [-0.2, 0) is 21.3 Å². The molecule has 4 nitrogen and oxygen atoms in total. The van der Waals surface area contributed by atoms with Crippen molar-refractivity contribution in [1.29, 1.82) is 0 Å². The van der Waals surface area contributed by atoms with Gasteiger partial charge in [0, 0.05) is 18.7 Å². The summed E-state index contributed by atoms with van der Waals surface area (Å²) in [6.07, 6.45) is -4.65. The van der Waals surface area contributed by atoms with Gasteiger partial charge in [-0.25, -0.2) is 8.78 Å². The second-order valence-electron chi connectivity index (χ2n) is 5.97. The zero-order chi connectivity index (χ0) is 20.4. The first-order valence-corrected chi connectivity index (χ1v) is 7.66. The topological polar surface area (TPSA) is 58.2 Å². The lowest BCUT2D eigenvalue weighted by molar-refractivity contribution is -0.137. The molecule has 27 heavy (non-hydrogen) atoms. The summed E-state index contributed by atoms with van der Waals surface area (Å²) < 4.78 is 65.3. The molecule has 2 aromatic rings. The van der Waals surface area contributed by atoms with E-state index in [9.17, 15) is 31.5 Å². The molecular weight excluding hydrogens is 371 g/mol. The van der Waals surface area contributed by atoms with Crippen LogP contribution in [0.3, 0.4) is 0 Å². The lowest BCUT2D eigenvalue weighted by Crippen LogP contribution is -2.51. The highest BCUT2D eigenvalue weighted by atomic mass is 19.4. The summed E-state index contributed by atoms with van der Waals surface area (Å²) in [5, 5.41) is 4.58. The van der Waals surface area contributed by atoms with E-state index in [1.807, 2.05) is 0 Å². The molecule has 0 aliphatic rings. The van der Waals surface area contributed by atoms with Crippen LogP contribution in [-0.4, -0.2) is 11.8 Å². The van der Waals surface area contributed by atoms with Crippen LogP contribution >= 0.6 is 0 Å². The number of carbonyl (C=O) groups is 2.